The molecule has 0 unspecified atom stereocenters. The zero-order valence-electron chi connectivity index (χ0n) is 11.7. The lowest BCUT2D eigenvalue weighted by Gasteiger charge is -2.09. The average molecular weight is 340 g/mol. The van der Waals surface area contributed by atoms with E-state index in [9.17, 15) is 8.42 Å². The van der Waals surface area contributed by atoms with Crippen molar-refractivity contribution in [1.82, 2.24) is 4.98 Å². The van der Waals surface area contributed by atoms with E-state index in [2.05, 4.69) is 4.98 Å². The third kappa shape index (κ3) is 7.58. The maximum Gasteiger partial charge on any atom is 0.266 e. The molecule has 1 heterocycles. The lowest BCUT2D eigenvalue weighted by atomic mass is 10.5. The maximum absolute atomic E-state index is 11.3. The largest absolute Gasteiger partial charge is 0.474 e. The van der Waals surface area contributed by atoms with Gasteiger partial charge in [-0.15, -0.1) is 0 Å². The Labute approximate surface area is 128 Å². The second-order valence-electron chi connectivity index (χ2n) is 3.81. The summed E-state index contributed by atoms with van der Waals surface area (Å²) in [4.78, 5) is 3.68. The van der Waals surface area contributed by atoms with Gasteiger partial charge in [0.1, 0.15) is 11.5 Å². The van der Waals surface area contributed by atoms with Gasteiger partial charge in [0, 0.05) is 24.0 Å². The SMILES string of the molecule is COCCOCCOCCOc1ncccc1S(=O)(=O)Cl. The van der Waals surface area contributed by atoms with Crippen molar-refractivity contribution in [3.05, 3.63) is 18.3 Å². The number of nitrogens with zero attached hydrogens (tertiary/aromatic N) is 1. The average Bonchev–Trinajstić information content (AvgIpc) is 2.45. The van der Waals surface area contributed by atoms with Crippen molar-refractivity contribution >= 4 is 19.7 Å². The zero-order valence-corrected chi connectivity index (χ0v) is 13.2. The van der Waals surface area contributed by atoms with Gasteiger partial charge in [-0.25, -0.2) is 13.4 Å². The molecule has 7 nitrogen and oxygen atoms in total. The summed E-state index contributed by atoms with van der Waals surface area (Å²) in [7, 11) is 3.00. The van der Waals surface area contributed by atoms with Gasteiger partial charge in [0.2, 0.25) is 5.88 Å². The summed E-state index contributed by atoms with van der Waals surface area (Å²) in [5, 5.41) is 0. The molecular formula is C12H18ClNO6S. The number of ether oxygens (including phenoxy) is 4. The molecule has 0 radical (unpaired) electrons. The first-order valence-corrected chi connectivity index (χ1v) is 8.53. The Morgan fingerprint density at radius 2 is 1.71 bits per heavy atom. The van der Waals surface area contributed by atoms with Gasteiger partial charge in [-0.3, -0.25) is 0 Å². The summed E-state index contributed by atoms with van der Waals surface area (Å²) < 4.78 is 43.1. The predicted molar refractivity (Wildman–Crippen MR) is 76.3 cm³/mol. The number of hydrogen-bond donors (Lipinski definition) is 0. The highest BCUT2D eigenvalue weighted by Crippen LogP contribution is 2.23. The molecule has 0 bridgehead atoms. The number of methoxy groups -OCH3 is 1. The fourth-order valence-corrected chi connectivity index (χ4v) is 2.25. The molecule has 120 valence electrons. The van der Waals surface area contributed by atoms with Gasteiger partial charge in [-0.2, -0.15) is 0 Å². The highest BCUT2D eigenvalue weighted by molar-refractivity contribution is 8.13. The minimum absolute atomic E-state index is 0.0348. The normalized spacial score (nSPS) is 11.5. The molecule has 1 rings (SSSR count). The highest BCUT2D eigenvalue weighted by atomic mass is 35.7. The topological polar surface area (TPSA) is 83.9 Å². The van der Waals surface area contributed by atoms with E-state index in [-0.39, 0.29) is 24.0 Å². The van der Waals surface area contributed by atoms with E-state index in [1.165, 1.54) is 18.3 Å². The lowest BCUT2D eigenvalue weighted by molar-refractivity contribution is 0.0174. The molecule has 9 heteroatoms. The Morgan fingerprint density at radius 3 is 2.33 bits per heavy atom. The Kier molecular flexibility index (Phi) is 8.55. The van der Waals surface area contributed by atoms with E-state index in [1.54, 1.807) is 7.11 Å². The van der Waals surface area contributed by atoms with Crippen LogP contribution in [0.1, 0.15) is 0 Å². The van der Waals surface area contributed by atoms with E-state index in [1.807, 2.05) is 0 Å². The van der Waals surface area contributed by atoms with Crippen LogP contribution in [0.5, 0.6) is 5.88 Å². The number of rotatable bonds is 11. The van der Waals surface area contributed by atoms with Crippen LogP contribution in [-0.4, -0.2) is 60.2 Å². The summed E-state index contributed by atoms with van der Waals surface area (Å²) >= 11 is 0. The van der Waals surface area contributed by atoms with Gasteiger partial charge < -0.3 is 18.9 Å². The van der Waals surface area contributed by atoms with Crippen LogP contribution in [0, 0.1) is 0 Å². The van der Waals surface area contributed by atoms with Gasteiger partial charge >= 0.3 is 0 Å². The quantitative estimate of drug-likeness (QED) is 0.440. The molecule has 0 amide bonds. The van der Waals surface area contributed by atoms with E-state index in [0.29, 0.717) is 26.4 Å². The molecule has 1 aromatic heterocycles. The molecule has 0 aliphatic rings. The molecule has 1 aromatic rings. The summed E-state index contributed by atoms with van der Waals surface area (Å²) in [6, 6.07) is 2.80. The van der Waals surface area contributed by atoms with Gasteiger partial charge in [-0.1, -0.05) is 0 Å². The van der Waals surface area contributed by atoms with Crippen molar-refractivity contribution < 1.29 is 27.4 Å². The third-order valence-corrected chi connectivity index (χ3v) is 3.60. The van der Waals surface area contributed by atoms with Crippen molar-refractivity contribution in [3.8, 4) is 5.88 Å². The highest BCUT2D eigenvalue weighted by Gasteiger charge is 2.17. The first-order valence-electron chi connectivity index (χ1n) is 6.22. The van der Waals surface area contributed by atoms with Crippen LogP contribution >= 0.6 is 10.7 Å². The molecule has 0 saturated heterocycles. The van der Waals surface area contributed by atoms with Crippen molar-refractivity contribution in [2.24, 2.45) is 0 Å². The van der Waals surface area contributed by atoms with E-state index < -0.39 is 9.05 Å². The molecule has 0 spiro atoms. The van der Waals surface area contributed by atoms with Crippen LogP contribution in [-0.2, 0) is 23.3 Å². The second-order valence-corrected chi connectivity index (χ2v) is 6.34. The minimum atomic E-state index is -3.88. The Balaban J connectivity index is 2.22. The molecule has 0 aromatic carbocycles. The summed E-state index contributed by atoms with van der Waals surface area (Å²) in [5.41, 5.74) is 0. The third-order valence-electron chi connectivity index (χ3n) is 2.27. The molecular weight excluding hydrogens is 322 g/mol. The Bertz CT molecular complexity index is 510. The van der Waals surface area contributed by atoms with Crippen molar-refractivity contribution in [2.75, 3.05) is 46.8 Å². The van der Waals surface area contributed by atoms with Crippen LogP contribution in [0.25, 0.3) is 0 Å². The van der Waals surface area contributed by atoms with Crippen LogP contribution in [0.3, 0.4) is 0 Å². The Hall–Kier alpha value is -0.930. The summed E-state index contributed by atoms with van der Waals surface area (Å²) in [6.45, 7) is 2.37. The minimum Gasteiger partial charge on any atom is -0.474 e. The molecule has 0 fully saturated rings. The molecule has 0 N–H and O–H groups in total. The first-order chi connectivity index (χ1) is 10.1. The fraction of sp³-hybridized carbons (Fsp3) is 0.583. The summed E-state index contributed by atoms with van der Waals surface area (Å²) in [6.07, 6.45) is 1.42. The Morgan fingerprint density at radius 1 is 1.10 bits per heavy atom. The number of pyridine rings is 1. The number of halogens is 1. The van der Waals surface area contributed by atoms with Crippen LogP contribution in [0.4, 0.5) is 0 Å². The van der Waals surface area contributed by atoms with Gasteiger partial charge in [0.25, 0.3) is 9.05 Å². The number of aromatic nitrogens is 1. The van der Waals surface area contributed by atoms with Crippen molar-refractivity contribution in [1.29, 1.82) is 0 Å². The summed E-state index contributed by atoms with van der Waals surface area (Å²) in [5.74, 6) is -0.0348. The van der Waals surface area contributed by atoms with Crippen molar-refractivity contribution in [2.45, 2.75) is 4.90 Å². The fourth-order valence-electron chi connectivity index (χ4n) is 1.33. The predicted octanol–water partition coefficient (Wildman–Crippen LogP) is 1.07. The smallest absolute Gasteiger partial charge is 0.266 e. The van der Waals surface area contributed by atoms with Crippen molar-refractivity contribution in [3.63, 3.8) is 0 Å². The first kappa shape index (κ1) is 18.1. The molecule has 0 aliphatic carbocycles. The van der Waals surface area contributed by atoms with Gasteiger partial charge in [0.15, 0.2) is 0 Å². The van der Waals surface area contributed by atoms with E-state index >= 15 is 0 Å². The van der Waals surface area contributed by atoms with Gasteiger partial charge in [0.05, 0.1) is 33.0 Å². The monoisotopic (exact) mass is 339 g/mol. The van der Waals surface area contributed by atoms with Crippen LogP contribution < -0.4 is 4.74 Å². The maximum atomic E-state index is 11.3. The van der Waals surface area contributed by atoms with Crippen LogP contribution in [0.15, 0.2) is 23.2 Å². The standard InChI is InChI=1S/C12H18ClNO6S/c1-17-5-6-18-7-8-19-9-10-20-12-11(21(13,15)16)3-2-4-14-12/h2-4H,5-10H2,1H3. The number of hydrogen-bond acceptors (Lipinski definition) is 7. The molecule has 0 atom stereocenters. The molecule has 0 saturated carbocycles. The van der Waals surface area contributed by atoms with E-state index in [4.69, 9.17) is 29.6 Å². The second kappa shape index (κ2) is 9.91. The molecule has 21 heavy (non-hydrogen) atoms. The van der Waals surface area contributed by atoms with Crippen LogP contribution in [0.2, 0.25) is 0 Å². The lowest BCUT2D eigenvalue weighted by Crippen LogP contribution is -2.13. The molecule has 0 aliphatic heterocycles. The zero-order chi connectivity index (χ0) is 15.6. The van der Waals surface area contributed by atoms with E-state index in [0.717, 1.165) is 0 Å². The van der Waals surface area contributed by atoms with Gasteiger partial charge in [-0.05, 0) is 12.1 Å².